The maximum atomic E-state index is 13.3. The molecule has 4 bridgehead atoms. The fraction of sp³-hybridized carbons (Fsp3) is 0.654. The molecule has 4 aliphatic heterocycles. The molecule has 4 heterocycles. The fourth-order valence-corrected chi connectivity index (χ4v) is 5.99. The second kappa shape index (κ2) is 9.33. The van der Waals surface area contributed by atoms with E-state index in [1.807, 2.05) is 56.0 Å². The Labute approximate surface area is 206 Å². The molecule has 4 aliphatic rings. The molecule has 5 rings (SSSR count). The Kier molecular flexibility index (Phi) is 6.38. The average Bonchev–Trinajstić information content (AvgIpc) is 3.21. The SMILES string of the molecule is CC(C)(C)OC(=O)N1C2CCC1CC(NC(=O)[C@@H]1CC[C@@H]3CN1C(=O)N3OCc1ccccc1)C2. The molecule has 4 fully saturated rings. The number of urea groups is 1. The van der Waals surface area contributed by atoms with Crippen molar-refractivity contribution >= 4 is 18.0 Å². The Hall–Kier alpha value is -2.81. The van der Waals surface area contributed by atoms with Crippen molar-refractivity contribution < 1.29 is 24.0 Å². The van der Waals surface area contributed by atoms with E-state index in [1.165, 1.54) is 5.06 Å². The van der Waals surface area contributed by atoms with Gasteiger partial charge in [-0.3, -0.25) is 9.63 Å². The van der Waals surface area contributed by atoms with Gasteiger partial charge in [0.1, 0.15) is 18.2 Å². The second-order valence-electron chi connectivity index (χ2n) is 11.2. The highest BCUT2D eigenvalue weighted by Crippen LogP contribution is 2.37. The average molecular weight is 485 g/mol. The first-order valence-corrected chi connectivity index (χ1v) is 12.8. The van der Waals surface area contributed by atoms with Crippen LogP contribution in [0.5, 0.6) is 0 Å². The van der Waals surface area contributed by atoms with Gasteiger partial charge in [0.15, 0.2) is 0 Å². The van der Waals surface area contributed by atoms with Crippen LogP contribution in [-0.2, 0) is 21.0 Å². The third-order valence-electron chi connectivity index (χ3n) is 7.52. The molecule has 9 heteroatoms. The molecular formula is C26H36N4O5. The minimum atomic E-state index is -0.526. The van der Waals surface area contributed by atoms with Gasteiger partial charge in [0.05, 0.1) is 6.04 Å². The monoisotopic (exact) mass is 484 g/mol. The molecule has 1 N–H and O–H groups in total. The van der Waals surface area contributed by atoms with Crippen molar-refractivity contribution in [1.29, 1.82) is 0 Å². The fourth-order valence-electron chi connectivity index (χ4n) is 5.99. The molecule has 0 aliphatic carbocycles. The minimum Gasteiger partial charge on any atom is -0.444 e. The Morgan fingerprint density at radius 3 is 2.31 bits per heavy atom. The van der Waals surface area contributed by atoms with Crippen LogP contribution in [0.3, 0.4) is 0 Å². The number of benzene rings is 1. The summed E-state index contributed by atoms with van der Waals surface area (Å²) in [5.74, 6) is -0.100. The number of rotatable bonds is 5. The van der Waals surface area contributed by atoms with E-state index >= 15 is 0 Å². The van der Waals surface area contributed by atoms with Gasteiger partial charge < -0.3 is 19.9 Å². The van der Waals surface area contributed by atoms with Gasteiger partial charge in [-0.15, -0.1) is 0 Å². The Morgan fingerprint density at radius 2 is 1.66 bits per heavy atom. The van der Waals surface area contributed by atoms with Crippen LogP contribution in [0.2, 0.25) is 0 Å². The van der Waals surface area contributed by atoms with E-state index in [0.29, 0.717) is 19.6 Å². The molecule has 0 radical (unpaired) electrons. The minimum absolute atomic E-state index is 0.000418. The maximum Gasteiger partial charge on any atom is 0.410 e. The smallest absolute Gasteiger partial charge is 0.410 e. The quantitative estimate of drug-likeness (QED) is 0.691. The highest BCUT2D eigenvalue weighted by atomic mass is 16.7. The lowest BCUT2D eigenvalue weighted by molar-refractivity contribution is -0.140. The van der Waals surface area contributed by atoms with Gasteiger partial charge >= 0.3 is 12.1 Å². The van der Waals surface area contributed by atoms with Crippen LogP contribution in [0, 0.1) is 0 Å². The standard InChI is InChI=1S/C26H36N4O5/c1-26(2,3)35-25(33)29-19-9-10-20(29)14-18(13-19)27-23(31)22-12-11-21-15-28(22)24(32)30(21)34-16-17-7-5-4-6-8-17/h4-8,18-22H,9-16H2,1-3H3,(H,27,31)/t18?,19?,20?,21-,22+/m1/s1. The van der Waals surface area contributed by atoms with Crippen molar-refractivity contribution in [3.05, 3.63) is 35.9 Å². The normalized spacial score (nSPS) is 30.0. The zero-order valence-corrected chi connectivity index (χ0v) is 20.8. The maximum absolute atomic E-state index is 13.3. The predicted molar refractivity (Wildman–Crippen MR) is 128 cm³/mol. The van der Waals surface area contributed by atoms with Crippen molar-refractivity contribution in [2.45, 2.75) is 102 Å². The molecule has 1 aromatic carbocycles. The zero-order chi connectivity index (χ0) is 24.7. The lowest BCUT2D eigenvalue weighted by Crippen LogP contribution is -2.57. The summed E-state index contributed by atoms with van der Waals surface area (Å²) >= 11 is 0. The summed E-state index contributed by atoms with van der Waals surface area (Å²) in [5.41, 5.74) is 0.472. The first-order chi connectivity index (χ1) is 16.7. The molecule has 0 spiro atoms. The van der Waals surface area contributed by atoms with Gasteiger partial charge in [0, 0.05) is 24.7 Å². The number of ether oxygens (including phenoxy) is 1. The highest BCUT2D eigenvalue weighted by Gasteiger charge is 2.49. The number of hydrogen-bond donors (Lipinski definition) is 1. The van der Waals surface area contributed by atoms with Crippen LogP contribution in [-0.4, -0.2) is 75.2 Å². The van der Waals surface area contributed by atoms with Crippen molar-refractivity contribution in [2.75, 3.05) is 6.54 Å². The van der Waals surface area contributed by atoms with Crippen molar-refractivity contribution in [3.8, 4) is 0 Å². The van der Waals surface area contributed by atoms with E-state index in [9.17, 15) is 14.4 Å². The van der Waals surface area contributed by atoms with E-state index in [1.54, 1.807) is 4.90 Å². The van der Waals surface area contributed by atoms with Gasteiger partial charge in [0.2, 0.25) is 5.91 Å². The summed E-state index contributed by atoms with van der Waals surface area (Å²) in [4.78, 5) is 48.4. The summed E-state index contributed by atoms with van der Waals surface area (Å²) in [6.07, 6.45) is 4.40. The molecule has 2 unspecified atom stereocenters. The first kappa shape index (κ1) is 23.9. The molecule has 4 atom stereocenters. The molecule has 4 amide bonds. The van der Waals surface area contributed by atoms with Gasteiger partial charge in [0.25, 0.3) is 0 Å². The largest absolute Gasteiger partial charge is 0.444 e. The van der Waals surface area contributed by atoms with Crippen LogP contribution in [0.25, 0.3) is 0 Å². The van der Waals surface area contributed by atoms with E-state index in [0.717, 1.165) is 37.7 Å². The topological polar surface area (TPSA) is 91.4 Å². The molecule has 190 valence electrons. The lowest BCUT2D eigenvalue weighted by Gasteiger charge is -2.40. The van der Waals surface area contributed by atoms with Crippen LogP contribution in [0.15, 0.2) is 30.3 Å². The van der Waals surface area contributed by atoms with Crippen LogP contribution >= 0.6 is 0 Å². The third-order valence-corrected chi connectivity index (χ3v) is 7.52. The summed E-state index contributed by atoms with van der Waals surface area (Å²) in [7, 11) is 0. The number of carbonyl (C=O) groups excluding carboxylic acids is 3. The molecule has 4 saturated heterocycles. The zero-order valence-electron chi connectivity index (χ0n) is 20.8. The van der Waals surface area contributed by atoms with Crippen molar-refractivity contribution in [1.82, 2.24) is 20.2 Å². The van der Waals surface area contributed by atoms with Gasteiger partial charge in [-0.1, -0.05) is 30.3 Å². The number of amides is 4. The van der Waals surface area contributed by atoms with E-state index in [4.69, 9.17) is 9.57 Å². The number of carbonyl (C=O) groups is 3. The predicted octanol–water partition coefficient (Wildman–Crippen LogP) is 3.43. The lowest BCUT2D eigenvalue weighted by atomic mass is 9.96. The van der Waals surface area contributed by atoms with E-state index in [-0.39, 0.29) is 42.2 Å². The number of hydrogen-bond acceptors (Lipinski definition) is 5. The molecule has 9 nitrogen and oxygen atoms in total. The van der Waals surface area contributed by atoms with Crippen LogP contribution in [0.1, 0.15) is 64.9 Å². The number of nitrogens with zero attached hydrogens (tertiary/aromatic N) is 3. The highest BCUT2D eigenvalue weighted by molar-refractivity contribution is 5.88. The number of nitrogens with one attached hydrogen (secondary N) is 1. The molecule has 0 aromatic heterocycles. The summed E-state index contributed by atoms with van der Waals surface area (Å²) in [6.45, 7) is 6.47. The Morgan fingerprint density at radius 1 is 1.00 bits per heavy atom. The molecular weight excluding hydrogens is 448 g/mol. The molecule has 1 aromatic rings. The molecule has 35 heavy (non-hydrogen) atoms. The number of piperidine rings is 2. The Balaban J connectivity index is 1.16. The first-order valence-electron chi connectivity index (χ1n) is 12.8. The van der Waals surface area contributed by atoms with Crippen LogP contribution < -0.4 is 5.32 Å². The summed E-state index contributed by atoms with van der Waals surface area (Å²) in [5, 5.41) is 4.66. The molecule has 0 saturated carbocycles. The Bertz CT molecular complexity index is 950. The van der Waals surface area contributed by atoms with Gasteiger partial charge in [-0.2, -0.15) is 5.06 Å². The van der Waals surface area contributed by atoms with Crippen molar-refractivity contribution in [2.24, 2.45) is 0 Å². The van der Waals surface area contributed by atoms with E-state index < -0.39 is 11.6 Å². The summed E-state index contributed by atoms with van der Waals surface area (Å²) in [6, 6.07) is 9.18. The van der Waals surface area contributed by atoms with Gasteiger partial charge in [-0.05, 0) is 64.9 Å². The number of fused-ring (bicyclic) bond motifs is 4. The second-order valence-corrected chi connectivity index (χ2v) is 11.2. The van der Waals surface area contributed by atoms with Crippen LogP contribution in [0.4, 0.5) is 9.59 Å². The van der Waals surface area contributed by atoms with Crippen molar-refractivity contribution in [3.63, 3.8) is 0 Å². The summed E-state index contributed by atoms with van der Waals surface area (Å²) < 4.78 is 5.61. The third kappa shape index (κ3) is 4.96. The van der Waals surface area contributed by atoms with E-state index in [2.05, 4.69) is 5.32 Å². The van der Waals surface area contributed by atoms with Gasteiger partial charge in [-0.25, -0.2) is 9.59 Å². The number of hydroxylamine groups is 2.